The molecule has 6 heteroatoms. The van der Waals surface area contributed by atoms with Crippen molar-refractivity contribution in [1.82, 2.24) is 10.1 Å². The van der Waals surface area contributed by atoms with Gasteiger partial charge in [-0.25, -0.2) is 0 Å². The number of hydrogen-bond donors (Lipinski definition) is 0. The van der Waals surface area contributed by atoms with Crippen LogP contribution in [0.15, 0.2) is 53.1 Å². The molecule has 2 aromatic carbocycles. The highest BCUT2D eigenvalue weighted by Gasteiger charge is 2.34. The molecule has 2 heterocycles. The summed E-state index contributed by atoms with van der Waals surface area (Å²) in [6, 6.07) is 15.7. The molecule has 4 rings (SSSR count). The van der Waals surface area contributed by atoms with Crippen molar-refractivity contribution in [1.29, 1.82) is 0 Å². The summed E-state index contributed by atoms with van der Waals surface area (Å²) >= 11 is 0. The summed E-state index contributed by atoms with van der Waals surface area (Å²) in [5.74, 6) is 2.07. The third-order valence-corrected chi connectivity index (χ3v) is 5.14. The summed E-state index contributed by atoms with van der Waals surface area (Å²) < 4.78 is 10.8. The van der Waals surface area contributed by atoms with E-state index in [2.05, 4.69) is 36.1 Å². The molecule has 0 saturated carbocycles. The van der Waals surface area contributed by atoms with Crippen molar-refractivity contribution >= 4 is 11.6 Å². The predicted molar refractivity (Wildman–Crippen MR) is 107 cm³/mol. The molecule has 1 fully saturated rings. The van der Waals surface area contributed by atoms with E-state index >= 15 is 0 Å². The second kappa shape index (κ2) is 7.46. The highest BCUT2D eigenvalue weighted by molar-refractivity contribution is 5.96. The van der Waals surface area contributed by atoms with E-state index < -0.39 is 0 Å². The van der Waals surface area contributed by atoms with Gasteiger partial charge >= 0.3 is 0 Å². The van der Waals surface area contributed by atoms with E-state index in [4.69, 9.17) is 9.26 Å². The van der Waals surface area contributed by atoms with Crippen LogP contribution in [0.4, 0.5) is 5.69 Å². The van der Waals surface area contributed by atoms with Gasteiger partial charge in [0.2, 0.25) is 5.91 Å². The zero-order chi connectivity index (χ0) is 19.7. The van der Waals surface area contributed by atoms with Crippen molar-refractivity contribution in [2.24, 2.45) is 0 Å². The molecule has 1 aliphatic heterocycles. The first-order valence-corrected chi connectivity index (χ1v) is 9.44. The Balaban J connectivity index is 1.54. The van der Waals surface area contributed by atoms with Gasteiger partial charge in [0, 0.05) is 24.6 Å². The van der Waals surface area contributed by atoms with Crippen LogP contribution < -0.4 is 9.64 Å². The van der Waals surface area contributed by atoms with E-state index in [9.17, 15) is 4.79 Å². The Morgan fingerprint density at radius 3 is 2.61 bits per heavy atom. The Labute approximate surface area is 164 Å². The molecule has 3 aromatic rings. The maximum atomic E-state index is 12.6. The molecule has 28 heavy (non-hydrogen) atoms. The number of anilines is 1. The van der Waals surface area contributed by atoms with Crippen LogP contribution in [0.3, 0.4) is 0 Å². The first-order chi connectivity index (χ1) is 13.6. The van der Waals surface area contributed by atoms with E-state index in [0.717, 1.165) is 11.3 Å². The zero-order valence-electron chi connectivity index (χ0n) is 16.3. The second-order valence-electron chi connectivity index (χ2n) is 7.31. The Kier molecular flexibility index (Phi) is 4.86. The van der Waals surface area contributed by atoms with Gasteiger partial charge in [-0.3, -0.25) is 4.79 Å². The highest BCUT2D eigenvalue weighted by atomic mass is 16.5. The molecular formula is C22H23N3O3. The van der Waals surface area contributed by atoms with Crippen LogP contribution in [-0.4, -0.2) is 29.7 Å². The molecule has 1 amide bonds. The summed E-state index contributed by atoms with van der Waals surface area (Å²) in [6.07, 6.45) is 0.372. The maximum absolute atomic E-state index is 12.6. The number of ether oxygens (including phenoxy) is 1. The van der Waals surface area contributed by atoms with Crippen LogP contribution >= 0.6 is 0 Å². The van der Waals surface area contributed by atoms with E-state index in [1.165, 1.54) is 5.56 Å². The van der Waals surface area contributed by atoms with Crippen molar-refractivity contribution in [3.63, 3.8) is 0 Å². The third kappa shape index (κ3) is 3.38. The lowest BCUT2D eigenvalue weighted by molar-refractivity contribution is -0.117. The Bertz CT molecular complexity index is 979. The number of nitrogens with zero attached hydrogens (tertiary/aromatic N) is 3. The lowest BCUT2D eigenvalue weighted by atomic mass is 10.0. The minimum Gasteiger partial charge on any atom is -0.496 e. The molecule has 0 bridgehead atoms. The normalized spacial score (nSPS) is 16.8. The Morgan fingerprint density at radius 2 is 1.89 bits per heavy atom. The van der Waals surface area contributed by atoms with Crippen LogP contribution in [0, 0.1) is 0 Å². The van der Waals surface area contributed by atoms with Gasteiger partial charge in [-0.15, -0.1) is 0 Å². The third-order valence-electron chi connectivity index (χ3n) is 5.14. The van der Waals surface area contributed by atoms with Gasteiger partial charge in [-0.1, -0.05) is 43.3 Å². The summed E-state index contributed by atoms with van der Waals surface area (Å²) in [5, 5.41) is 4.13. The van der Waals surface area contributed by atoms with Crippen LogP contribution in [0.2, 0.25) is 0 Å². The SMILES string of the molecule is COc1ccccc1-c1nc(C2CC(=O)N(c3ccc(C(C)C)cc3)C2)no1. The number of para-hydroxylation sites is 1. The summed E-state index contributed by atoms with van der Waals surface area (Å²) in [6.45, 7) is 4.86. The van der Waals surface area contributed by atoms with Crippen molar-refractivity contribution in [2.75, 3.05) is 18.6 Å². The van der Waals surface area contributed by atoms with Crippen LogP contribution in [0.1, 0.15) is 43.5 Å². The fourth-order valence-corrected chi connectivity index (χ4v) is 3.50. The van der Waals surface area contributed by atoms with E-state index in [1.807, 2.05) is 36.4 Å². The van der Waals surface area contributed by atoms with Gasteiger partial charge in [0.1, 0.15) is 5.75 Å². The number of methoxy groups -OCH3 is 1. The smallest absolute Gasteiger partial charge is 0.261 e. The predicted octanol–water partition coefficient (Wildman–Crippen LogP) is 4.39. The molecule has 1 aromatic heterocycles. The average molecular weight is 377 g/mol. The molecule has 0 radical (unpaired) electrons. The van der Waals surface area contributed by atoms with Crippen molar-refractivity contribution in [3.05, 3.63) is 59.9 Å². The van der Waals surface area contributed by atoms with E-state index in [-0.39, 0.29) is 11.8 Å². The number of aromatic nitrogens is 2. The maximum Gasteiger partial charge on any atom is 0.261 e. The number of carbonyl (C=O) groups is 1. The van der Waals surface area contributed by atoms with Crippen LogP contribution in [0.5, 0.6) is 5.75 Å². The monoisotopic (exact) mass is 377 g/mol. The average Bonchev–Trinajstić information content (AvgIpc) is 3.35. The largest absolute Gasteiger partial charge is 0.496 e. The fraction of sp³-hybridized carbons (Fsp3) is 0.318. The second-order valence-corrected chi connectivity index (χ2v) is 7.31. The van der Waals surface area contributed by atoms with Crippen LogP contribution in [0.25, 0.3) is 11.5 Å². The van der Waals surface area contributed by atoms with Gasteiger partial charge in [-0.2, -0.15) is 4.98 Å². The number of rotatable bonds is 5. The van der Waals surface area contributed by atoms with Gasteiger partial charge in [0.15, 0.2) is 5.82 Å². The Morgan fingerprint density at radius 1 is 1.14 bits per heavy atom. The number of amides is 1. The number of carbonyl (C=O) groups excluding carboxylic acids is 1. The highest BCUT2D eigenvalue weighted by Crippen LogP contribution is 2.34. The first-order valence-electron chi connectivity index (χ1n) is 9.44. The quantitative estimate of drug-likeness (QED) is 0.660. The Hall–Kier alpha value is -3.15. The van der Waals surface area contributed by atoms with Gasteiger partial charge in [-0.05, 0) is 35.7 Å². The van der Waals surface area contributed by atoms with Gasteiger partial charge < -0.3 is 14.2 Å². The standard InChI is InChI=1S/C22H23N3O3/c1-14(2)15-8-10-17(11-9-15)25-13-16(12-20(25)26)21-23-22(28-24-21)18-6-4-5-7-19(18)27-3/h4-11,14,16H,12-13H2,1-3H3. The molecule has 144 valence electrons. The van der Waals surface area contributed by atoms with E-state index in [0.29, 0.717) is 36.3 Å². The van der Waals surface area contributed by atoms with Gasteiger partial charge in [0.05, 0.1) is 12.7 Å². The number of hydrogen-bond acceptors (Lipinski definition) is 5. The topological polar surface area (TPSA) is 68.5 Å². The number of benzene rings is 2. The fourth-order valence-electron chi connectivity index (χ4n) is 3.50. The van der Waals surface area contributed by atoms with Crippen molar-refractivity contribution in [3.8, 4) is 17.2 Å². The molecule has 0 N–H and O–H groups in total. The molecule has 0 aliphatic carbocycles. The summed E-state index contributed by atoms with van der Waals surface area (Å²) in [5.41, 5.74) is 2.91. The minimum absolute atomic E-state index is 0.0749. The minimum atomic E-state index is -0.0931. The van der Waals surface area contributed by atoms with Crippen LogP contribution in [-0.2, 0) is 4.79 Å². The molecule has 1 saturated heterocycles. The lowest BCUT2D eigenvalue weighted by Gasteiger charge is -2.17. The molecule has 1 atom stereocenters. The van der Waals surface area contributed by atoms with E-state index in [1.54, 1.807) is 12.0 Å². The lowest BCUT2D eigenvalue weighted by Crippen LogP contribution is -2.24. The van der Waals surface area contributed by atoms with Crippen molar-refractivity contribution in [2.45, 2.75) is 32.1 Å². The molecule has 1 aliphatic rings. The molecular weight excluding hydrogens is 354 g/mol. The van der Waals surface area contributed by atoms with Crippen molar-refractivity contribution < 1.29 is 14.1 Å². The summed E-state index contributed by atoms with van der Waals surface area (Å²) in [4.78, 5) is 18.9. The molecule has 0 spiro atoms. The zero-order valence-corrected chi connectivity index (χ0v) is 16.3. The van der Waals surface area contributed by atoms with Gasteiger partial charge in [0.25, 0.3) is 5.89 Å². The first kappa shape index (κ1) is 18.2. The molecule has 1 unspecified atom stereocenters. The molecule has 6 nitrogen and oxygen atoms in total. The summed E-state index contributed by atoms with van der Waals surface area (Å²) in [7, 11) is 1.61.